The van der Waals surface area contributed by atoms with Crippen LogP contribution in [0.3, 0.4) is 0 Å². The topological polar surface area (TPSA) is 38.0 Å². The van der Waals surface area contributed by atoms with E-state index in [0.717, 1.165) is 29.3 Å². The average Bonchev–Trinajstić information content (AvgIpc) is 2.38. The lowest BCUT2D eigenvalue weighted by Gasteiger charge is -2.21. The molecule has 2 nitrogen and oxygen atoms in total. The van der Waals surface area contributed by atoms with E-state index in [1.54, 1.807) is 11.8 Å². The summed E-state index contributed by atoms with van der Waals surface area (Å²) in [5.41, 5.74) is 7.98. The molecule has 0 aliphatic carbocycles. The van der Waals surface area contributed by atoms with Gasteiger partial charge in [0, 0.05) is 22.2 Å². The number of thioether (sulfide) groups is 1. The van der Waals surface area contributed by atoms with E-state index in [9.17, 15) is 0 Å². The number of nitrogens with one attached hydrogen (secondary N) is 1. The molecule has 4 heteroatoms. The van der Waals surface area contributed by atoms with Crippen LogP contribution in [0.25, 0.3) is 0 Å². The van der Waals surface area contributed by atoms with Gasteiger partial charge in [-0.25, -0.2) is 0 Å². The summed E-state index contributed by atoms with van der Waals surface area (Å²) in [5.74, 6) is 1.74. The van der Waals surface area contributed by atoms with Crippen molar-refractivity contribution in [3.05, 3.63) is 23.8 Å². The SMILES string of the molecule is CCSc1cccc(NC(C)CC(C)CC)c1C(N)=S. The molecule has 0 saturated carbocycles. The average molecular weight is 311 g/mol. The molecule has 0 heterocycles. The summed E-state index contributed by atoms with van der Waals surface area (Å²) in [6.07, 6.45) is 2.36. The van der Waals surface area contributed by atoms with Crippen molar-refractivity contribution in [1.29, 1.82) is 0 Å². The van der Waals surface area contributed by atoms with Gasteiger partial charge in [-0.3, -0.25) is 0 Å². The number of benzene rings is 1. The van der Waals surface area contributed by atoms with Crippen molar-refractivity contribution in [2.45, 2.75) is 51.5 Å². The first-order valence-corrected chi connectivity index (χ1v) is 8.71. The first-order valence-electron chi connectivity index (χ1n) is 7.31. The van der Waals surface area contributed by atoms with Crippen molar-refractivity contribution in [2.75, 3.05) is 11.1 Å². The third-order valence-electron chi connectivity index (χ3n) is 3.43. The third-order valence-corrected chi connectivity index (χ3v) is 4.57. The van der Waals surface area contributed by atoms with Crippen molar-refractivity contribution in [1.82, 2.24) is 0 Å². The Morgan fingerprint density at radius 3 is 2.60 bits per heavy atom. The zero-order valence-corrected chi connectivity index (χ0v) is 14.5. The molecular weight excluding hydrogens is 284 g/mol. The van der Waals surface area contributed by atoms with E-state index in [4.69, 9.17) is 18.0 Å². The van der Waals surface area contributed by atoms with Crippen LogP contribution in [-0.4, -0.2) is 16.8 Å². The van der Waals surface area contributed by atoms with Gasteiger partial charge in [-0.05, 0) is 37.1 Å². The van der Waals surface area contributed by atoms with Crippen LogP contribution in [-0.2, 0) is 0 Å². The van der Waals surface area contributed by atoms with Gasteiger partial charge in [0.1, 0.15) is 4.99 Å². The van der Waals surface area contributed by atoms with Crippen molar-refractivity contribution >= 4 is 34.7 Å². The summed E-state index contributed by atoms with van der Waals surface area (Å²) >= 11 is 7.02. The van der Waals surface area contributed by atoms with E-state index in [0.29, 0.717) is 11.0 Å². The Kier molecular flexibility index (Phi) is 7.38. The quantitative estimate of drug-likeness (QED) is 0.540. The van der Waals surface area contributed by atoms with Gasteiger partial charge in [0.15, 0.2) is 0 Å². The van der Waals surface area contributed by atoms with Crippen LogP contribution in [0.4, 0.5) is 5.69 Å². The second-order valence-corrected chi connectivity index (χ2v) is 7.02. The second kappa shape index (κ2) is 8.53. The van der Waals surface area contributed by atoms with Gasteiger partial charge in [0.2, 0.25) is 0 Å². The molecule has 0 radical (unpaired) electrons. The summed E-state index contributed by atoms with van der Waals surface area (Å²) in [6.45, 7) is 8.88. The summed E-state index contributed by atoms with van der Waals surface area (Å²) in [6, 6.07) is 6.65. The molecule has 0 saturated heterocycles. The molecule has 0 aliphatic rings. The number of hydrogen-bond acceptors (Lipinski definition) is 3. The Morgan fingerprint density at radius 1 is 1.35 bits per heavy atom. The monoisotopic (exact) mass is 310 g/mol. The lowest BCUT2D eigenvalue weighted by Crippen LogP contribution is -2.21. The Balaban J connectivity index is 2.93. The highest BCUT2D eigenvalue weighted by molar-refractivity contribution is 7.99. The first-order chi connectivity index (χ1) is 9.49. The van der Waals surface area contributed by atoms with E-state index in [1.165, 1.54) is 11.3 Å². The third kappa shape index (κ3) is 4.98. The number of hydrogen-bond donors (Lipinski definition) is 2. The van der Waals surface area contributed by atoms with Crippen molar-refractivity contribution in [3.8, 4) is 0 Å². The van der Waals surface area contributed by atoms with Crippen LogP contribution in [0, 0.1) is 5.92 Å². The van der Waals surface area contributed by atoms with E-state index < -0.39 is 0 Å². The van der Waals surface area contributed by atoms with Gasteiger partial charge < -0.3 is 11.1 Å². The summed E-state index contributed by atoms with van der Waals surface area (Å²) in [5, 5.41) is 3.58. The van der Waals surface area contributed by atoms with Crippen LogP contribution >= 0.6 is 24.0 Å². The van der Waals surface area contributed by atoms with E-state index in [1.807, 2.05) is 0 Å². The molecule has 0 spiro atoms. The molecule has 0 bridgehead atoms. The van der Waals surface area contributed by atoms with Crippen molar-refractivity contribution < 1.29 is 0 Å². The summed E-state index contributed by atoms with van der Waals surface area (Å²) in [7, 11) is 0. The fourth-order valence-electron chi connectivity index (χ4n) is 2.28. The second-order valence-electron chi connectivity index (χ2n) is 5.27. The highest BCUT2D eigenvalue weighted by Crippen LogP contribution is 2.29. The van der Waals surface area contributed by atoms with Crippen molar-refractivity contribution in [2.24, 2.45) is 11.7 Å². The normalized spacial score (nSPS) is 13.8. The molecular formula is C16H26N2S2. The van der Waals surface area contributed by atoms with Gasteiger partial charge in [-0.2, -0.15) is 0 Å². The molecule has 112 valence electrons. The molecule has 1 rings (SSSR count). The summed E-state index contributed by atoms with van der Waals surface area (Å²) < 4.78 is 0. The molecule has 0 fully saturated rings. The minimum absolute atomic E-state index is 0.417. The first kappa shape index (κ1) is 17.3. The molecule has 0 amide bonds. The standard InChI is InChI=1S/C16H26N2S2/c1-5-11(3)10-12(4)18-13-8-7-9-14(20-6-2)15(13)16(17)19/h7-9,11-12,18H,5-6,10H2,1-4H3,(H2,17,19). The van der Waals surface area contributed by atoms with Crippen molar-refractivity contribution in [3.63, 3.8) is 0 Å². The Bertz CT molecular complexity index is 446. The Hall–Kier alpha value is -0.740. The van der Waals surface area contributed by atoms with Gasteiger partial charge in [0.25, 0.3) is 0 Å². The molecule has 3 N–H and O–H groups in total. The van der Waals surface area contributed by atoms with Crippen LogP contribution in [0.1, 0.15) is 46.1 Å². The molecule has 2 unspecified atom stereocenters. The van der Waals surface area contributed by atoms with Gasteiger partial charge in [-0.15, -0.1) is 11.8 Å². The highest BCUT2D eigenvalue weighted by Gasteiger charge is 2.14. The smallest absolute Gasteiger partial charge is 0.107 e. The lowest BCUT2D eigenvalue weighted by atomic mass is 10.00. The van der Waals surface area contributed by atoms with E-state index in [2.05, 4.69) is 51.2 Å². The Labute approximate surface area is 132 Å². The predicted molar refractivity (Wildman–Crippen MR) is 95.9 cm³/mol. The van der Waals surface area contributed by atoms with Crippen LogP contribution in [0.5, 0.6) is 0 Å². The predicted octanol–water partition coefficient (Wildman–Crippen LogP) is 4.67. The van der Waals surface area contributed by atoms with Crippen LogP contribution in [0.15, 0.2) is 23.1 Å². The molecule has 20 heavy (non-hydrogen) atoms. The number of rotatable bonds is 8. The summed E-state index contributed by atoms with van der Waals surface area (Å²) in [4.78, 5) is 1.64. The largest absolute Gasteiger partial charge is 0.389 e. The number of thiocarbonyl (C=S) groups is 1. The Morgan fingerprint density at radius 2 is 2.05 bits per heavy atom. The maximum Gasteiger partial charge on any atom is 0.107 e. The molecule has 1 aromatic rings. The van der Waals surface area contributed by atoms with Crippen LogP contribution in [0.2, 0.25) is 0 Å². The lowest BCUT2D eigenvalue weighted by molar-refractivity contribution is 0.484. The highest BCUT2D eigenvalue weighted by atomic mass is 32.2. The molecule has 0 aromatic heterocycles. The van der Waals surface area contributed by atoms with Gasteiger partial charge in [-0.1, -0.05) is 45.5 Å². The molecule has 0 aliphatic heterocycles. The fraction of sp³-hybridized carbons (Fsp3) is 0.562. The number of nitrogens with two attached hydrogens (primary N) is 1. The minimum atomic E-state index is 0.417. The number of anilines is 1. The fourth-order valence-corrected chi connectivity index (χ4v) is 3.41. The maximum absolute atomic E-state index is 5.93. The molecule has 1 aromatic carbocycles. The zero-order valence-electron chi connectivity index (χ0n) is 12.9. The van der Waals surface area contributed by atoms with E-state index >= 15 is 0 Å². The minimum Gasteiger partial charge on any atom is -0.389 e. The zero-order chi connectivity index (χ0) is 15.1. The van der Waals surface area contributed by atoms with E-state index in [-0.39, 0.29) is 0 Å². The van der Waals surface area contributed by atoms with Crippen LogP contribution < -0.4 is 11.1 Å². The van der Waals surface area contributed by atoms with Gasteiger partial charge in [0.05, 0.1) is 0 Å². The van der Waals surface area contributed by atoms with Gasteiger partial charge >= 0.3 is 0 Å². The maximum atomic E-state index is 5.93. The molecule has 2 atom stereocenters.